The van der Waals surface area contributed by atoms with Crippen LogP contribution in [0.5, 0.6) is 5.75 Å². The molecular weight excluding hydrogens is 298 g/mol. The quantitative estimate of drug-likeness (QED) is 0.667. The van der Waals surface area contributed by atoms with E-state index in [-0.39, 0.29) is 0 Å². The van der Waals surface area contributed by atoms with Gasteiger partial charge in [0.05, 0.1) is 17.8 Å². The molecule has 124 valence electrons. The third-order valence-electron chi connectivity index (χ3n) is 3.83. The van der Waals surface area contributed by atoms with Gasteiger partial charge in [-0.05, 0) is 50.4 Å². The molecule has 2 aromatic carbocycles. The average Bonchev–Trinajstić information content (AvgIpc) is 3.01. The summed E-state index contributed by atoms with van der Waals surface area (Å²) in [6.45, 7) is 1.78. The number of nitrogens with zero attached hydrogens (tertiary/aromatic N) is 2. The Morgan fingerprint density at radius 3 is 2.62 bits per heavy atom. The van der Waals surface area contributed by atoms with Gasteiger partial charge in [0.25, 0.3) is 0 Å². The van der Waals surface area contributed by atoms with Gasteiger partial charge in [-0.25, -0.2) is 0 Å². The van der Waals surface area contributed by atoms with Gasteiger partial charge < -0.3 is 9.64 Å². The van der Waals surface area contributed by atoms with Crippen molar-refractivity contribution in [2.45, 2.75) is 6.42 Å². The second kappa shape index (κ2) is 7.79. The van der Waals surface area contributed by atoms with Crippen LogP contribution in [0.3, 0.4) is 0 Å². The molecule has 0 fully saturated rings. The topological polar surface area (TPSA) is 41.1 Å². The molecule has 0 spiro atoms. The second-order valence-corrected chi connectivity index (χ2v) is 6.06. The molecule has 4 heteroatoms. The van der Waals surface area contributed by atoms with E-state index >= 15 is 0 Å². The van der Waals surface area contributed by atoms with Gasteiger partial charge in [-0.2, -0.15) is 5.10 Å². The van der Waals surface area contributed by atoms with Crippen LogP contribution in [0.1, 0.15) is 17.7 Å². The lowest BCUT2D eigenvalue weighted by Crippen LogP contribution is -2.15. The summed E-state index contributed by atoms with van der Waals surface area (Å²) in [5.74, 6) is 0.913. The van der Waals surface area contributed by atoms with Gasteiger partial charge in [-0.3, -0.25) is 5.10 Å². The van der Waals surface area contributed by atoms with Crippen molar-refractivity contribution < 1.29 is 4.74 Å². The van der Waals surface area contributed by atoms with Crippen molar-refractivity contribution in [2.24, 2.45) is 0 Å². The first-order chi connectivity index (χ1) is 11.7. The number of hydrogen-bond acceptors (Lipinski definition) is 3. The highest BCUT2D eigenvalue weighted by molar-refractivity contribution is 5.89. The summed E-state index contributed by atoms with van der Waals surface area (Å²) in [6, 6.07) is 16.3. The van der Waals surface area contributed by atoms with Crippen molar-refractivity contribution in [1.82, 2.24) is 15.1 Å². The Morgan fingerprint density at radius 2 is 1.83 bits per heavy atom. The number of benzene rings is 2. The molecule has 0 saturated carbocycles. The Bertz CT molecular complexity index is 803. The van der Waals surface area contributed by atoms with Crippen molar-refractivity contribution in [2.75, 3.05) is 27.2 Å². The first kappa shape index (κ1) is 16.3. The summed E-state index contributed by atoms with van der Waals surface area (Å²) in [5.41, 5.74) is 3.14. The van der Waals surface area contributed by atoms with Gasteiger partial charge in [0.2, 0.25) is 0 Å². The van der Waals surface area contributed by atoms with Gasteiger partial charge in [0, 0.05) is 11.9 Å². The lowest BCUT2D eigenvalue weighted by atomic mass is 10.1. The van der Waals surface area contributed by atoms with E-state index in [2.05, 4.69) is 53.5 Å². The van der Waals surface area contributed by atoms with Crippen molar-refractivity contribution in [1.29, 1.82) is 0 Å². The highest BCUT2D eigenvalue weighted by Gasteiger charge is 2.01. The number of H-pyrrole nitrogens is 1. The lowest BCUT2D eigenvalue weighted by molar-refractivity contribution is 0.281. The van der Waals surface area contributed by atoms with Crippen LogP contribution >= 0.6 is 0 Å². The fourth-order valence-electron chi connectivity index (χ4n) is 2.53. The van der Waals surface area contributed by atoms with Crippen molar-refractivity contribution in [3.8, 4) is 5.75 Å². The molecule has 24 heavy (non-hydrogen) atoms. The van der Waals surface area contributed by atoms with Crippen LogP contribution < -0.4 is 4.74 Å². The molecule has 1 heterocycles. The maximum atomic E-state index is 5.75. The number of fused-ring (bicyclic) bond motifs is 1. The van der Waals surface area contributed by atoms with Crippen LogP contribution in [0.2, 0.25) is 0 Å². The van der Waals surface area contributed by atoms with E-state index in [1.54, 1.807) is 0 Å². The van der Waals surface area contributed by atoms with Gasteiger partial charge in [-0.1, -0.05) is 36.4 Å². The van der Waals surface area contributed by atoms with Gasteiger partial charge >= 0.3 is 0 Å². The number of hydrogen-bond donors (Lipinski definition) is 1. The highest BCUT2D eigenvalue weighted by atomic mass is 16.5. The van der Waals surface area contributed by atoms with Crippen LogP contribution in [-0.4, -0.2) is 42.3 Å². The number of aromatic nitrogens is 2. The molecular formula is C20H23N3O. The van der Waals surface area contributed by atoms with Gasteiger partial charge in [-0.15, -0.1) is 0 Å². The Morgan fingerprint density at radius 1 is 1.04 bits per heavy atom. The minimum atomic E-state index is 0.743. The normalized spacial score (nSPS) is 11.6. The zero-order valence-electron chi connectivity index (χ0n) is 14.2. The molecule has 0 bridgehead atoms. The lowest BCUT2D eigenvalue weighted by Gasteiger charge is -2.10. The fraction of sp³-hybridized carbons (Fsp3) is 0.250. The zero-order chi connectivity index (χ0) is 16.8. The molecule has 0 unspecified atom stereocenters. The molecule has 0 radical (unpaired) electrons. The van der Waals surface area contributed by atoms with Crippen molar-refractivity contribution in [3.63, 3.8) is 0 Å². The minimum absolute atomic E-state index is 0.743. The summed E-state index contributed by atoms with van der Waals surface area (Å²) >= 11 is 0. The monoisotopic (exact) mass is 321 g/mol. The molecule has 3 rings (SSSR count). The maximum Gasteiger partial charge on any atom is 0.119 e. The number of aromatic amines is 1. The first-order valence-corrected chi connectivity index (χ1v) is 8.21. The number of para-hydroxylation sites is 1. The van der Waals surface area contributed by atoms with Crippen LogP contribution in [0, 0.1) is 0 Å². The van der Waals surface area contributed by atoms with E-state index in [9.17, 15) is 0 Å². The van der Waals surface area contributed by atoms with E-state index in [4.69, 9.17) is 4.74 Å². The number of rotatable bonds is 7. The Balaban J connectivity index is 1.59. The summed E-state index contributed by atoms with van der Waals surface area (Å²) in [4.78, 5) is 2.16. The SMILES string of the molecule is CN(C)CCCOc1ccc(C=Cc2n[nH]c3ccccc23)cc1. The second-order valence-electron chi connectivity index (χ2n) is 6.06. The van der Waals surface area contributed by atoms with E-state index < -0.39 is 0 Å². The van der Waals surface area contributed by atoms with E-state index in [0.29, 0.717) is 0 Å². The smallest absolute Gasteiger partial charge is 0.119 e. The number of nitrogens with one attached hydrogen (secondary N) is 1. The maximum absolute atomic E-state index is 5.75. The Hall–Kier alpha value is -2.59. The van der Waals surface area contributed by atoms with Gasteiger partial charge in [0.1, 0.15) is 5.75 Å². The minimum Gasteiger partial charge on any atom is -0.494 e. The molecule has 1 aromatic heterocycles. The molecule has 0 saturated heterocycles. The molecule has 0 aliphatic carbocycles. The first-order valence-electron chi connectivity index (χ1n) is 8.21. The summed E-state index contributed by atoms with van der Waals surface area (Å²) in [5, 5.41) is 8.53. The molecule has 0 amide bonds. The van der Waals surface area contributed by atoms with E-state index in [0.717, 1.165) is 47.5 Å². The summed E-state index contributed by atoms with van der Waals surface area (Å²) in [6.07, 6.45) is 5.13. The zero-order valence-corrected chi connectivity index (χ0v) is 14.2. The Labute approximate surface area is 142 Å². The summed E-state index contributed by atoms with van der Waals surface area (Å²) in [7, 11) is 4.15. The van der Waals surface area contributed by atoms with E-state index in [1.807, 2.05) is 36.4 Å². The molecule has 4 nitrogen and oxygen atoms in total. The molecule has 1 N–H and O–H groups in total. The van der Waals surface area contributed by atoms with Crippen LogP contribution in [0.15, 0.2) is 48.5 Å². The van der Waals surface area contributed by atoms with Crippen molar-refractivity contribution in [3.05, 3.63) is 59.8 Å². The third kappa shape index (κ3) is 4.24. The predicted molar refractivity (Wildman–Crippen MR) is 100 cm³/mol. The van der Waals surface area contributed by atoms with E-state index in [1.165, 1.54) is 0 Å². The largest absolute Gasteiger partial charge is 0.494 e. The highest BCUT2D eigenvalue weighted by Crippen LogP contribution is 2.18. The van der Waals surface area contributed by atoms with Gasteiger partial charge in [0.15, 0.2) is 0 Å². The Kier molecular flexibility index (Phi) is 5.29. The number of ether oxygens (including phenoxy) is 1. The molecule has 0 aliphatic rings. The van der Waals surface area contributed by atoms with Crippen LogP contribution in [-0.2, 0) is 0 Å². The van der Waals surface area contributed by atoms with Crippen LogP contribution in [0.4, 0.5) is 0 Å². The molecule has 0 atom stereocenters. The summed E-state index contributed by atoms with van der Waals surface area (Å²) < 4.78 is 5.75. The fourth-order valence-corrected chi connectivity index (χ4v) is 2.53. The third-order valence-corrected chi connectivity index (χ3v) is 3.83. The molecule has 3 aromatic rings. The van der Waals surface area contributed by atoms with Crippen LogP contribution in [0.25, 0.3) is 23.1 Å². The predicted octanol–water partition coefficient (Wildman–Crippen LogP) is 4.06. The molecule has 0 aliphatic heterocycles. The van der Waals surface area contributed by atoms with Crippen molar-refractivity contribution >= 4 is 23.1 Å². The average molecular weight is 321 g/mol. The standard InChI is InChI=1S/C20H23N3O/c1-23(2)14-5-15-24-17-11-8-16(9-12-17)10-13-20-18-6-3-4-7-19(18)21-22-20/h3-4,6-13H,5,14-15H2,1-2H3,(H,21,22).